The smallest absolute Gasteiger partial charge is 0.288 e. The van der Waals surface area contributed by atoms with Crippen molar-refractivity contribution in [1.29, 1.82) is 0 Å². The summed E-state index contributed by atoms with van der Waals surface area (Å²) < 4.78 is 5.81. The first-order valence-electron chi connectivity index (χ1n) is 9.74. The lowest BCUT2D eigenvalue weighted by molar-refractivity contribution is -0.120. The van der Waals surface area contributed by atoms with E-state index in [4.69, 9.17) is 4.74 Å². The van der Waals surface area contributed by atoms with E-state index in [9.17, 15) is 9.59 Å². The number of amides is 2. The summed E-state index contributed by atoms with van der Waals surface area (Å²) in [7, 11) is 0. The van der Waals surface area contributed by atoms with Crippen molar-refractivity contribution < 1.29 is 14.3 Å². The highest BCUT2D eigenvalue weighted by atomic mass is 16.5. The van der Waals surface area contributed by atoms with Crippen LogP contribution in [0.1, 0.15) is 31.9 Å². The Balaban J connectivity index is 1.46. The van der Waals surface area contributed by atoms with E-state index in [1.165, 1.54) is 5.01 Å². The molecule has 2 aromatic rings. The third-order valence-corrected chi connectivity index (χ3v) is 4.59. The number of rotatable bonds is 8. The Morgan fingerprint density at radius 2 is 1.83 bits per heavy atom. The molecule has 29 heavy (non-hydrogen) atoms. The van der Waals surface area contributed by atoms with Crippen LogP contribution in [-0.2, 0) is 14.3 Å². The molecule has 7 heteroatoms. The Kier molecular flexibility index (Phi) is 6.97. The van der Waals surface area contributed by atoms with Gasteiger partial charge >= 0.3 is 0 Å². The summed E-state index contributed by atoms with van der Waals surface area (Å²) in [6.45, 7) is 4.66. The van der Waals surface area contributed by atoms with Crippen molar-refractivity contribution in [2.24, 2.45) is 4.99 Å². The molecular weight excluding hydrogens is 368 g/mol. The van der Waals surface area contributed by atoms with Crippen LogP contribution >= 0.6 is 0 Å². The quantitative estimate of drug-likeness (QED) is 0.674. The van der Waals surface area contributed by atoms with Gasteiger partial charge in [0.25, 0.3) is 11.8 Å². The van der Waals surface area contributed by atoms with E-state index < -0.39 is 6.04 Å². The molecule has 0 bridgehead atoms. The summed E-state index contributed by atoms with van der Waals surface area (Å²) in [6.07, 6.45) is 0.676. The number of aliphatic imine (C=N–C) groups is 1. The van der Waals surface area contributed by atoms with Crippen molar-refractivity contribution in [2.45, 2.75) is 32.4 Å². The van der Waals surface area contributed by atoms with Crippen molar-refractivity contribution in [1.82, 2.24) is 10.7 Å². The normalized spacial score (nSPS) is 17.3. The van der Waals surface area contributed by atoms with Crippen LogP contribution in [0.5, 0.6) is 0 Å². The maximum Gasteiger partial charge on any atom is 0.288 e. The van der Waals surface area contributed by atoms with E-state index in [0.717, 1.165) is 5.56 Å². The fourth-order valence-corrected chi connectivity index (χ4v) is 2.94. The molecular formula is C22H26N4O3. The van der Waals surface area contributed by atoms with Gasteiger partial charge in [-0.2, -0.15) is 0 Å². The first-order chi connectivity index (χ1) is 14.1. The average Bonchev–Trinajstić information content (AvgIpc) is 2.76. The van der Waals surface area contributed by atoms with Crippen LogP contribution in [0.2, 0.25) is 0 Å². The molecule has 1 aliphatic rings. The lowest BCUT2D eigenvalue weighted by Crippen LogP contribution is -2.58. The van der Waals surface area contributed by atoms with E-state index in [-0.39, 0.29) is 23.8 Å². The zero-order valence-electron chi connectivity index (χ0n) is 16.7. The van der Waals surface area contributed by atoms with Crippen LogP contribution in [0.25, 0.3) is 0 Å². The van der Waals surface area contributed by atoms with Crippen molar-refractivity contribution in [3.63, 3.8) is 0 Å². The van der Waals surface area contributed by atoms with Crippen LogP contribution in [0.3, 0.4) is 0 Å². The molecule has 2 unspecified atom stereocenters. The van der Waals surface area contributed by atoms with E-state index >= 15 is 0 Å². The van der Waals surface area contributed by atoms with Gasteiger partial charge in [0.05, 0.1) is 11.8 Å². The Morgan fingerprint density at radius 1 is 1.17 bits per heavy atom. The van der Waals surface area contributed by atoms with E-state index in [1.54, 1.807) is 19.1 Å². The maximum atomic E-state index is 12.5. The van der Waals surface area contributed by atoms with Gasteiger partial charge in [0.15, 0.2) is 0 Å². The average molecular weight is 394 g/mol. The summed E-state index contributed by atoms with van der Waals surface area (Å²) in [5.41, 5.74) is 4.60. The van der Waals surface area contributed by atoms with Gasteiger partial charge in [0, 0.05) is 13.2 Å². The molecule has 3 rings (SSSR count). The zero-order chi connectivity index (χ0) is 20.6. The van der Waals surface area contributed by atoms with E-state index in [1.807, 2.05) is 55.5 Å². The molecule has 152 valence electrons. The van der Waals surface area contributed by atoms with Crippen LogP contribution in [0.4, 0.5) is 5.69 Å². The van der Waals surface area contributed by atoms with Crippen LogP contribution in [0, 0.1) is 0 Å². The van der Waals surface area contributed by atoms with Crippen molar-refractivity contribution in [2.75, 3.05) is 18.2 Å². The van der Waals surface area contributed by atoms with Gasteiger partial charge < -0.3 is 10.1 Å². The predicted molar refractivity (Wildman–Crippen MR) is 112 cm³/mol. The number of ether oxygens (including phenoxy) is 1. The molecule has 2 N–H and O–H groups in total. The second-order valence-electron chi connectivity index (χ2n) is 6.81. The van der Waals surface area contributed by atoms with Crippen LogP contribution in [0.15, 0.2) is 65.7 Å². The molecule has 0 saturated carbocycles. The number of carbonyl (C=O) groups is 2. The largest absolute Gasteiger partial charge is 0.374 e. The Labute approximate surface area is 170 Å². The molecule has 2 aromatic carbocycles. The lowest BCUT2D eigenvalue weighted by atomic mass is 10.1. The summed E-state index contributed by atoms with van der Waals surface area (Å²) in [5.74, 6) is -0.433. The number of nitrogens with one attached hydrogen (secondary N) is 2. The molecule has 0 spiro atoms. The van der Waals surface area contributed by atoms with Gasteiger partial charge in [-0.3, -0.25) is 15.0 Å². The first kappa shape index (κ1) is 20.5. The topological polar surface area (TPSA) is 83.0 Å². The molecule has 0 fully saturated rings. The number of hydrazine groups is 1. The number of nitrogens with zero attached hydrogens (tertiary/aromatic N) is 2. The second-order valence-corrected chi connectivity index (χ2v) is 6.81. The summed E-state index contributed by atoms with van der Waals surface area (Å²) in [5, 5.41) is 4.18. The monoisotopic (exact) mass is 394 g/mol. The standard InChI is InChI=1S/C22H26N4O3/c1-16-22(28)26(19-12-7-4-8-13-19)25-20(24-16)21(27)23-14-9-15-29-17(2)18-10-5-3-6-11-18/h3-8,10-13,16-17H,9,14-15H2,1-2H3,(H,23,27)(H,24,25). The predicted octanol–water partition coefficient (Wildman–Crippen LogP) is 2.61. The molecule has 0 aliphatic carbocycles. The van der Waals surface area contributed by atoms with Gasteiger partial charge in [-0.05, 0) is 38.0 Å². The minimum Gasteiger partial charge on any atom is -0.374 e. The molecule has 7 nitrogen and oxygen atoms in total. The van der Waals surface area contributed by atoms with Gasteiger partial charge in [-0.15, -0.1) is 0 Å². The van der Waals surface area contributed by atoms with Crippen LogP contribution < -0.4 is 15.8 Å². The third kappa shape index (κ3) is 5.42. The number of hydrogen-bond donors (Lipinski definition) is 2. The van der Waals surface area contributed by atoms with Gasteiger partial charge in [-0.25, -0.2) is 10.0 Å². The van der Waals surface area contributed by atoms with Gasteiger partial charge in [-0.1, -0.05) is 48.5 Å². The minimum absolute atomic E-state index is 0.00239. The molecule has 0 saturated heterocycles. The van der Waals surface area contributed by atoms with Crippen LogP contribution in [-0.4, -0.2) is 36.8 Å². The fraction of sp³-hybridized carbons (Fsp3) is 0.318. The highest BCUT2D eigenvalue weighted by Gasteiger charge is 2.30. The minimum atomic E-state index is -0.632. The third-order valence-electron chi connectivity index (χ3n) is 4.59. The molecule has 1 aliphatic heterocycles. The van der Waals surface area contributed by atoms with Crippen molar-refractivity contribution >= 4 is 23.3 Å². The number of anilines is 1. The lowest BCUT2D eigenvalue weighted by Gasteiger charge is -2.30. The first-order valence-corrected chi connectivity index (χ1v) is 9.74. The highest BCUT2D eigenvalue weighted by Crippen LogP contribution is 2.16. The van der Waals surface area contributed by atoms with E-state index in [0.29, 0.717) is 25.3 Å². The van der Waals surface area contributed by atoms with Crippen molar-refractivity contribution in [3.8, 4) is 0 Å². The number of carbonyl (C=O) groups excluding carboxylic acids is 2. The SMILES string of the molecule is CC1N=C(C(=O)NCCCOC(C)c2ccccc2)NN(c2ccccc2)C1=O. The Hall–Kier alpha value is -3.19. The number of para-hydroxylation sites is 1. The number of benzene rings is 2. The van der Waals surface area contributed by atoms with E-state index in [2.05, 4.69) is 15.7 Å². The highest BCUT2D eigenvalue weighted by molar-refractivity contribution is 6.39. The molecule has 0 aromatic heterocycles. The van der Waals surface area contributed by atoms with Crippen molar-refractivity contribution in [3.05, 3.63) is 66.2 Å². The summed E-state index contributed by atoms with van der Waals surface area (Å²) in [4.78, 5) is 29.0. The van der Waals surface area contributed by atoms with Gasteiger partial charge in [0.2, 0.25) is 5.84 Å². The summed E-state index contributed by atoms with van der Waals surface area (Å²) in [6, 6.07) is 18.5. The number of hydrogen-bond acceptors (Lipinski definition) is 5. The molecule has 2 amide bonds. The van der Waals surface area contributed by atoms with Gasteiger partial charge in [0.1, 0.15) is 6.04 Å². The molecule has 0 radical (unpaired) electrons. The molecule has 2 atom stereocenters. The second kappa shape index (κ2) is 9.84. The zero-order valence-corrected chi connectivity index (χ0v) is 16.7. The Morgan fingerprint density at radius 3 is 2.52 bits per heavy atom. The summed E-state index contributed by atoms with van der Waals surface area (Å²) >= 11 is 0. The molecule has 1 heterocycles. The fourth-order valence-electron chi connectivity index (χ4n) is 2.94. The Bertz CT molecular complexity index is 855. The number of amidine groups is 1. The maximum absolute atomic E-state index is 12.5.